The Labute approximate surface area is 83.3 Å². The van der Waals surface area contributed by atoms with Crippen LogP contribution in [0.25, 0.3) is 0 Å². The van der Waals surface area contributed by atoms with Gasteiger partial charge in [-0.25, -0.2) is 0 Å². The van der Waals surface area contributed by atoms with Crippen LogP contribution in [0.1, 0.15) is 11.1 Å². The van der Waals surface area contributed by atoms with E-state index in [1.807, 2.05) is 6.92 Å². The van der Waals surface area contributed by atoms with E-state index in [9.17, 15) is 4.79 Å². The zero-order valence-electron chi connectivity index (χ0n) is 8.42. The summed E-state index contributed by atoms with van der Waals surface area (Å²) >= 11 is 0. The second kappa shape index (κ2) is 4.00. The van der Waals surface area contributed by atoms with Crippen molar-refractivity contribution in [3.63, 3.8) is 0 Å². The standard InChI is InChI=1S/C10H15N3O/c1-6-3-8(11)9(12)4-7(6)5-10(14)13-2/h3-4H,5,11-12H2,1-2H3,(H,13,14). The third-order valence-electron chi connectivity index (χ3n) is 2.17. The Balaban J connectivity index is 2.98. The molecular weight excluding hydrogens is 178 g/mol. The number of amides is 1. The number of nitrogen functional groups attached to an aromatic ring is 2. The van der Waals surface area contributed by atoms with Crippen LogP contribution in [-0.2, 0) is 11.2 Å². The van der Waals surface area contributed by atoms with E-state index in [1.165, 1.54) is 0 Å². The molecule has 0 spiro atoms. The van der Waals surface area contributed by atoms with Gasteiger partial charge < -0.3 is 16.8 Å². The smallest absolute Gasteiger partial charge is 0.224 e. The first-order valence-corrected chi connectivity index (χ1v) is 4.39. The maximum absolute atomic E-state index is 11.1. The van der Waals surface area contributed by atoms with Crippen molar-refractivity contribution in [2.24, 2.45) is 0 Å². The number of nitrogens with two attached hydrogens (primary N) is 2. The molecule has 0 radical (unpaired) electrons. The molecule has 76 valence electrons. The van der Waals surface area contributed by atoms with Crippen LogP contribution >= 0.6 is 0 Å². The normalized spacial score (nSPS) is 9.86. The van der Waals surface area contributed by atoms with Crippen LogP contribution in [0.3, 0.4) is 0 Å². The molecule has 0 saturated heterocycles. The summed E-state index contributed by atoms with van der Waals surface area (Å²) in [6, 6.07) is 3.54. The number of carbonyl (C=O) groups is 1. The zero-order valence-corrected chi connectivity index (χ0v) is 8.42. The fourth-order valence-electron chi connectivity index (χ4n) is 1.25. The molecule has 14 heavy (non-hydrogen) atoms. The van der Waals surface area contributed by atoms with Crippen molar-refractivity contribution in [1.29, 1.82) is 0 Å². The molecule has 0 aliphatic rings. The lowest BCUT2D eigenvalue weighted by Crippen LogP contribution is -2.20. The molecule has 4 heteroatoms. The monoisotopic (exact) mass is 193 g/mol. The molecule has 1 amide bonds. The predicted molar refractivity (Wildman–Crippen MR) is 57.8 cm³/mol. The van der Waals surface area contributed by atoms with Crippen LogP contribution in [0.4, 0.5) is 11.4 Å². The van der Waals surface area contributed by atoms with Gasteiger partial charge in [-0.15, -0.1) is 0 Å². The Bertz CT molecular complexity index is 361. The topological polar surface area (TPSA) is 81.1 Å². The van der Waals surface area contributed by atoms with Gasteiger partial charge in [-0.2, -0.15) is 0 Å². The number of anilines is 2. The van der Waals surface area contributed by atoms with Crippen LogP contribution < -0.4 is 16.8 Å². The Morgan fingerprint density at radius 1 is 1.36 bits per heavy atom. The fraction of sp³-hybridized carbons (Fsp3) is 0.300. The molecule has 1 aromatic carbocycles. The first-order valence-electron chi connectivity index (χ1n) is 4.39. The van der Waals surface area contributed by atoms with E-state index < -0.39 is 0 Å². The third-order valence-corrected chi connectivity index (χ3v) is 2.17. The third kappa shape index (κ3) is 2.16. The van der Waals surface area contributed by atoms with Crippen molar-refractivity contribution in [2.75, 3.05) is 18.5 Å². The van der Waals surface area contributed by atoms with Crippen LogP contribution in [0, 0.1) is 6.92 Å². The van der Waals surface area contributed by atoms with Crippen molar-refractivity contribution in [3.8, 4) is 0 Å². The molecule has 0 fully saturated rings. The van der Waals surface area contributed by atoms with Gasteiger partial charge in [0.1, 0.15) is 0 Å². The van der Waals surface area contributed by atoms with E-state index >= 15 is 0 Å². The van der Waals surface area contributed by atoms with Gasteiger partial charge in [-0.3, -0.25) is 4.79 Å². The fourth-order valence-corrected chi connectivity index (χ4v) is 1.25. The predicted octanol–water partition coefficient (Wildman–Crippen LogP) is 0.448. The summed E-state index contributed by atoms with van der Waals surface area (Å²) in [6.45, 7) is 1.91. The Morgan fingerprint density at radius 3 is 2.50 bits per heavy atom. The molecule has 4 nitrogen and oxygen atoms in total. The number of nitrogens with one attached hydrogen (secondary N) is 1. The maximum Gasteiger partial charge on any atom is 0.224 e. The first-order chi connectivity index (χ1) is 6.54. The highest BCUT2D eigenvalue weighted by molar-refractivity contribution is 5.80. The van der Waals surface area contributed by atoms with Crippen LogP contribution in [0.2, 0.25) is 0 Å². The van der Waals surface area contributed by atoms with Gasteiger partial charge in [0.05, 0.1) is 17.8 Å². The second-order valence-electron chi connectivity index (χ2n) is 3.26. The summed E-state index contributed by atoms with van der Waals surface area (Å²) in [6.07, 6.45) is 0.340. The summed E-state index contributed by atoms with van der Waals surface area (Å²) in [5.41, 5.74) is 14.3. The molecule has 0 heterocycles. The average molecular weight is 193 g/mol. The van der Waals surface area contributed by atoms with E-state index in [0.29, 0.717) is 17.8 Å². The molecule has 0 aliphatic heterocycles. The number of benzene rings is 1. The summed E-state index contributed by atoms with van der Waals surface area (Å²) in [4.78, 5) is 11.1. The summed E-state index contributed by atoms with van der Waals surface area (Å²) < 4.78 is 0. The van der Waals surface area contributed by atoms with Gasteiger partial charge >= 0.3 is 0 Å². The molecule has 5 N–H and O–H groups in total. The van der Waals surface area contributed by atoms with Crippen LogP contribution in [-0.4, -0.2) is 13.0 Å². The van der Waals surface area contributed by atoms with Gasteiger partial charge in [0, 0.05) is 7.05 Å². The molecule has 0 bridgehead atoms. The largest absolute Gasteiger partial charge is 0.397 e. The highest BCUT2D eigenvalue weighted by Gasteiger charge is 2.06. The second-order valence-corrected chi connectivity index (χ2v) is 3.26. The number of hydrogen-bond acceptors (Lipinski definition) is 3. The van der Waals surface area contributed by atoms with E-state index in [1.54, 1.807) is 19.2 Å². The first kappa shape index (κ1) is 10.4. The number of aryl methyl sites for hydroxylation is 1. The number of hydrogen-bond donors (Lipinski definition) is 3. The van der Waals surface area contributed by atoms with E-state index in [-0.39, 0.29) is 5.91 Å². The van der Waals surface area contributed by atoms with Crippen molar-refractivity contribution >= 4 is 17.3 Å². The average Bonchev–Trinajstić information content (AvgIpc) is 2.14. The van der Waals surface area contributed by atoms with E-state index in [2.05, 4.69) is 5.32 Å². The van der Waals surface area contributed by atoms with E-state index in [0.717, 1.165) is 11.1 Å². The minimum absolute atomic E-state index is 0.0303. The van der Waals surface area contributed by atoms with Crippen molar-refractivity contribution in [3.05, 3.63) is 23.3 Å². The Kier molecular flexibility index (Phi) is 2.96. The number of carbonyl (C=O) groups excluding carboxylic acids is 1. The van der Waals surface area contributed by atoms with Gasteiger partial charge in [0.2, 0.25) is 5.91 Å². The number of rotatable bonds is 2. The minimum Gasteiger partial charge on any atom is -0.397 e. The molecule has 1 rings (SSSR count). The highest BCUT2D eigenvalue weighted by Crippen LogP contribution is 2.20. The number of likely N-dealkylation sites (N-methyl/N-ethyl adjacent to an activating group) is 1. The highest BCUT2D eigenvalue weighted by atomic mass is 16.1. The van der Waals surface area contributed by atoms with Gasteiger partial charge in [-0.05, 0) is 30.2 Å². The maximum atomic E-state index is 11.1. The molecule has 1 aromatic rings. The van der Waals surface area contributed by atoms with Crippen molar-refractivity contribution in [2.45, 2.75) is 13.3 Å². The summed E-state index contributed by atoms with van der Waals surface area (Å²) in [5.74, 6) is -0.0303. The van der Waals surface area contributed by atoms with Crippen LogP contribution in [0.5, 0.6) is 0 Å². The summed E-state index contributed by atoms with van der Waals surface area (Å²) in [7, 11) is 1.61. The van der Waals surface area contributed by atoms with Crippen molar-refractivity contribution in [1.82, 2.24) is 5.32 Å². The molecular formula is C10H15N3O. The lowest BCUT2D eigenvalue weighted by Gasteiger charge is -2.08. The van der Waals surface area contributed by atoms with Gasteiger partial charge in [0.25, 0.3) is 0 Å². The van der Waals surface area contributed by atoms with Crippen molar-refractivity contribution < 1.29 is 4.79 Å². The van der Waals surface area contributed by atoms with Gasteiger partial charge in [-0.1, -0.05) is 0 Å². The molecule has 0 aliphatic carbocycles. The van der Waals surface area contributed by atoms with E-state index in [4.69, 9.17) is 11.5 Å². The summed E-state index contributed by atoms with van der Waals surface area (Å²) in [5, 5.41) is 2.56. The molecule has 0 unspecified atom stereocenters. The quantitative estimate of drug-likeness (QED) is 0.596. The SMILES string of the molecule is CNC(=O)Cc1cc(N)c(N)cc1C. The lowest BCUT2D eigenvalue weighted by molar-refractivity contribution is -0.119. The van der Waals surface area contributed by atoms with Crippen LogP contribution in [0.15, 0.2) is 12.1 Å². The van der Waals surface area contributed by atoms with Gasteiger partial charge in [0.15, 0.2) is 0 Å². The minimum atomic E-state index is -0.0303. The Hall–Kier alpha value is -1.71. The molecule has 0 aromatic heterocycles. The lowest BCUT2D eigenvalue weighted by atomic mass is 10.0. The Morgan fingerprint density at radius 2 is 1.93 bits per heavy atom. The molecule has 0 saturated carbocycles. The molecule has 0 atom stereocenters. The zero-order chi connectivity index (χ0) is 10.7.